The van der Waals surface area contributed by atoms with Crippen molar-refractivity contribution in [2.45, 2.75) is 32.1 Å². The molecule has 1 aromatic carbocycles. The van der Waals surface area contributed by atoms with Gasteiger partial charge >= 0.3 is 0 Å². The zero-order valence-electron chi connectivity index (χ0n) is 7.51. The molecule has 1 heteroatoms. The summed E-state index contributed by atoms with van der Waals surface area (Å²) in [7, 11) is 0. The second-order valence-electron chi connectivity index (χ2n) is 3.71. The Kier molecular flexibility index (Phi) is 1.80. The molecule has 64 valence electrons. The highest BCUT2D eigenvalue weighted by molar-refractivity contribution is 5.53. The van der Waals surface area contributed by atoms with Crippen LogP contribution in [0.5, 0.6) is 0 Å². The van der Waals surface area contributed by atoms with E-state index in [-0.39, 0.29) is 0 Å². The molecular weight excluding hydrogens is 146 g/mol. The quantitative estimate of drug-likeness (QED) is 0.582. The monoisotopic (exact) mass is 161 g/mol. The SMILES string of the molecule is CC1CCCc2cccc(N)c21. The fourth-order valence-corrected chi connectivity index (χ4v) is 2.19. The summed E-state index contributed by atoms with van der Waals surface area (Å²) >= 11 is 0. The zero-order valence-corrected chi connectivity index (χ0v) is 7.51. The predicted molar refractivity (Wildman–Crippen MR) is 52.2 cm³/mol. The van der Waals surface area contributed by atoms with Crippen molar-refractivity contribution in [3.63, 3.8) is 0 Å². The van der Waals surface area contributed by atoms with Crippen LogP contribution >= 0.6 is 0 Å². The van der Waals surface area contributed by atoms with Crippen molar-refractivity contribution in [2.24, 2.45) is 0 Å². The Hall–Kier alpha value is -0.980. The molecule has 1 aliphatic rings. The third kappa shape index (κ3) is 1.09. The van der Waals surface area contributed by atoms with Crippen LogP contribution in [-0.2, 0) is 6.42 Å². The number of anilines is 1. The average molecular weight is 161 g/mol. The fourth-order valence-electron chi connectivity index (χ4n) is 2.19. The van der Waals surface area contributed by atoms with E-state index in [0.29, 0.717) is 5.92 Å². The highest BCUT2D eigenvalue weighted by Gasteiger charge is 2.17. The number of fused-ring (bicyclic) bond motifs is 1. The minimum atomic E-state index is 0.662. The Bertz CT molecular complexity index is 291. The lowest BCUT2D eigenvalue weighted by molar-refractivity contribution is 0.592. The highest BCUT2D eigenvalue weighted by Crippen LogP contribution is 2.34. The summed E-state index contributed by atoms with van der Waals surface area (Å²) in [5.74, 6) is 0.662. The van der Waals surface area contributed by atoms with Crippen molar-refractivity contribution in [3.8, 4) is 0 Å². The number of rotatable bonds is 0. The van der Waals surface area contributed by atoms with Gasteiger partial charge in [0.1, 0.15) is 0 Å². The molecule has 0 amide bonds. The first kappa shape index (κ1) is 7.66. The summed E-state index contributed by atoms with van der Waals surface area (Å²) in [5.41, 5.74) is 9.79. The van der Waals surface area contributed by atoms with Crippen molar-refractivity contribution >= 4 is 5.69 Å². The molecule has 0 saturated carbocycles. The van der Waals surface area contributed by atoms with Gasteiger partial charge in [-0.2, -0.15) is 0 Å². The van der Waals surface area contributed by atoms with Crippen molar-refractivity contribution in [2.75, 3.05) is 5.73 Å². The van der Waals surface area contributed by atoms with Crippen LogP contribution in [0, 0.1) is 0 Å². The molecule has 0 aromatic heterocycles. The largest absolute Gasteiger partial charge is 0.398 e. The van der Waals surface area contributed by atoms with E-state index in [9.17, 15) is 0 Å². The van der Waals surface area contributed by atoms with Gasteiger partial charge in [0.25, 0.3) is 0 Å². The lowest BCUT2D eigenvalue weighted by Crippen LogP contribution is -2.09. The molecule has 0 spiro atoms. The van der Waals surface area contributed by atoms with E-state index in [4.69, 9.17) is 5.73 Å². The molecule has 0 radical (unpaired) electrons. The van der Waals surface area contributed by atoms with Crippen molar-refractivity contribution in [1.82, 2.24) is 0 Å². The maximum absolute atomic E-state index is 5.93. The summed E-state index contributed by atoms with van der Waals surface area (Å²) in [5, 5.41) is 0. The second-order valence-corrected chi connectivity index (χ2v) is 3.71. The van der Waals surface area contributed by atoms with E-state index in [2.05, 4.69) is 19.1 Å². The van der Waals surface area contributed by atoms with Crippen LogP contribution < -0.4 is 5.73 Å². The Balaban J connectivity index is 2.53. The van der Waals surface area contributed by atoms with Gasteiger partial charge in [-0.05, 0) is 42.4 Å². The average Bonchev–Trinajstić information content (AvgIpc) is 2.04. The van der Waals surface area contributed by atoms with Crippen molar-refractivity contribution in [3.05, 3.63) is 29.3 Å². The highest BCUT2D eigenvalue weighted by atomic mass is 14.6. The molecule has 1 aromatic rings. The van der Waals surface area contributed by atoms with Crippen LogP contribution in [0.3, 0.4) is 0 Å². The normalized spacial score (nSPS) is 21.9. The second kappa shape index (κ2) is 2.81. The minimum absolute atomic E-state index is 0.662. The molecule has 1 nitrogen and oxygen atoms in total. The zero-order chi connectivity index (χ0) is 8.55. The number of benzene rings is 1. The van der Waals surface area contributed by atoms with Crippen LogP contribution in [0.15, 0.2) is 18.2 Å². The standard InChI is InChI=1S/C11H15N/c1-8-4-2-5-9-6-3-7-10(12)11(8)9/h3,6-8H,2,4-5,12H2,1H3. The molecule has 0 heterocycles. The predicted octanol–water partition coefficient (Wildman–Crippen LogP) is 2.71. The smallest absolute Gasteiger partial charge is 0.0352 e. The number of nitrogens with two attached hydrogens (primary N) is 1. The molecule has 1 atom stereocenters. The molecular formula is C11H15N. The van der Waals surface area contributed by atoms with E-state index in [1.807, 2.05) is 6.07 Å². The number of aryl methyl sites for hydroxylation is 1. The first-order valence-electron chi connectivity index (χ1n) is 4.66. The summed E-state index contributed by atoms with van der Waals surface area (Å²) in [6.07, 6.45) is 3.82. The van der Waals surface area contributed by atoms with Gasteiger partial charge in [-0.15, -0.1) is 0 Å². The topological polar surface area (TPSA) is 26.0 Å². The minimum Gasteiger partial charge on any atom is -0.398 e. The van der Waals surface area contributed by atoms with Gasteiger partial charge in [0.2, 0.25) is 0 Å². The number of nitrogen functional groups attached to an aromatic ring is 1. The third-order valence-electron chi connectivity index (χ3n) is 2.81. The summed E-state index contributed by atoms with van der Waals surface area (Å²) in [6, 6.07) is 6.29. The molecule has 12 heavy (non-hydrogen) atoms. The van der Waals surface area contributed by atoms with Crippen molar-refractivity contribution in [1.29, 1.82) is 0 Å². The lowest BCUT2D eigenvalue weighted by atomic mass is 9.83. The fraction of sp³-hybridized carbons (Fsp3) is 0.455. The molecule has 1 unspecified atom stereocenters. The van der Waals surface area contributed by atoms with Gasteiger partial charge < -0.3 is 5.73 Å². The van der Waals surface area contributed by atoms with E-state index < -0.39 is 0 Å². The van der Waals surface area contributed by atoms with Crippen LogP contribution in [0.1, 0.15) is 36.8 Å². The van der Waals surface area contributed by atoms with Gasteiger partial charge in [-0.1, -0.05) is 19.1 Å². The Morgan fingerprint density at radius 3 is 3.00 bits per heavy atom. The molecule has 2 rings (SSSR count). The van der Waals surface area contributed by atoms with Crippen LogP contribution in [-0.4, -0.2) is 0 Å². The first-order chi connectivity index (χ1) is 5.79. The molecule has 0 saturated heterocycles. The number of hydrogen-bond donors (Lipinski definition) is 1. The van der Waals surface area contributed by atoms with E-state index in [1.165, 1.54) is 30.4 Å². The Morgan fingerprint density at radius 2 is 2.25 bits per heavy atom. The summed E-state index contributed by atoms with van der Waals surface area (Å²) in [4.78, 5) is 0. The third-order valence-corrected chi connectivity index (χ3v) is 2.81. The van der Waals surface area contributed by atoms with E-state index in [1.54, 1.807) is 0 Å². The van der Waals surface area contributed by atoms with Gasteiger partial charge in [-0.25, -0.2) is 0 Å². The molecule has 0 aliphatic heterocycles. The Labute approximate surface area is 73.6 Å². The van der Waals surface area contributed by atoms with Gasteiger partial charge in [-0.3, -0.25) is 0 Å². The number of hydrogen-bond acceptors (Lipinski definition) is 1. The van der Waals surface area contributed by atoms with Crippen LogP contribution in [0.4, 0.5) is 5.69 Å². The first-order valence-corrected chi connectivity index (χ1v) is 4.66. The maximum atomic E-state index is 5.93. The van der Waals surface area contributed by atoms with Gasteiger partial charge in [0.15, 0.2) is 0 Å². The van der Waals surface area contributed by atoms with Gasteiger partial charge in [0.05, 0.1) is 0 Å². The van der Waals surface area contributed by atoms with Crippen molar-refractivity contribution < 1.29 is 0 Å². The van der Waals surface area contributed by atoms with Crippen LogP contribution in [0.25, 0.3) is 0 Å². The lowest BCUT2D eigenvalue weighted by Gasteiger charge is -2.23. The van der Waals surface area contributed by atoms with E-state index in [0.717, 1.165) is 5.69 Å². The van der Waals surface area contributed by atoms with Gasteiger partial charge in [0, 0.05) is 5.69 Å². The molecule has 1 aliphatic carbocycles. The molecule has 0 fully saturated rings. The van der Waals surface area contributed by atoms with Crippen LogP contribution in [0.2, 0.25) is 0 Å². The Morgan fingerprint density at radius 1 is 1.42 bits per heavy atom. The molecule has 0 bridgehead atoms. The van der Waals surface area contributed by atoms with E-state index >= 15 is 0 Å². The summed E-state index contributed by atoms with van der Waals surface area (Å²) < 4.78 is 0. The molecule has 2 N–H and O–H groups in total. The maximum Gasteiger partial charge on any atom is 0.0352 e. The summed E-state index contributed by atoms with van der Waals surface area (Å²) in [6.45, 7) is 2.27.